The second kappa shape index (κ2) is 11.5. The Morgan fingerprint density at radius 2 is 1.79 bits per heavy atom. The van der Waals surface area contributed by atoms with E-state index >= 15 is 0 Å². The van der Waals surface area contributed by atoms with Gasteiger partial charge in [0.15, 0.2) is 23.0 Å². The van der Waals surface area contributed by atoms with Crippen LogP contribution in [0.2, 0.25) is 0 Å². The normalized spacial score (nSPS) is 26.0. The van der Waals surface area contributed by atoms with Crippen molar-refractivity contribution in [3.8, 4) is 28.7 Å². The summed E-state index contributed by atoms with van der Waals surface area (Å²) in [6.45, 7) is 1.40. The quantitative estimate of drug-likeness (QED) is 0.272. The van der Waals surface area contributed by atoms with E-state index in [1.165, 1.54) is 45.8 Å². The second-order valence-corrected chi connectivity index (χ2v) is 11.6. The van der Waals surface area contributed by atoms with Crippen molar-refractivity contribution in [1.82, 2.24) is 0 Å². The minimum Gasteiger partial charge on any atom is -0.504 e. The molecule has 1 saturated heterocycles. The van der Waals surface area contributed by atoms with Crippen LogP contribution in [-0.2, 0) is 20.7 Å². The van der Waals surface area contributed by atoms with Crippen LogP contribution >= 0.6 is 0 Å². The molecule has 1 spiro atoms. The molecule has 8 heteroatoms. The zero-order valence-corrected chi connectivity index (χ0v) is 22.9. The zero-order chi connectivity index (χ0) is 27.6. The third-order valence-electron chi connectivity index (χ3n) is 8.76. The van der Waals surface area contributed by atoms with Gasteiger partial charge in [-0.1, -0.05) is 18.9 Å². The summed E-state index contributed by atoms with van der Waals surface area (Å²) in [5, 5.41) is 31.1. The van der Waals surface area contributed by atoms with Crippen molar-refractivity contribution < 1.29 is 39.1 Å². The zero-order valence-electron chi connectivity index (χ0n) is 22.9. The van der Waals surface area contributed by atoms with E-state index < -0.39 is 6.10 Å². The molecule has 0 radical (unpaired) electrons. The lowest BCUT2D eigenvalue weighted by Gasteiger charge is -2.35. The van der Waals surface area contributed by atoms with Crippen LogP contribution in [0.4, 0.5) is 0 Å². The first-order valence-electron chi connectivity index (χ1n) is 14.1. The van der Waals surface area contributed by atoms with Crippen molar-refractivity contribution in [3.63, 3.8) is 0 Å². The monoisotopic (exact) mass is 540 g/mol. The van der Waals surface area contributed by atoms with Gasteiger partial charge in [0.25, 0.3) is 0 Å². The average molecular weight is 541 g/mol. The van der Waals surface area contributed by atoms with Gasteiger partial charge in [-0.05, 0) is 85.8 Å². The molecule has 0 unspecified atom stereocenters. The number of phenolic OH excluding ortho intramolecular Hbond substituents is 3. The molecule has 0 amide bonds. The van der Waals surface area contributed by atoms with E-state index in [2.05, 4.69) is 0 Å². The fourth-order valence-electron chi connectivity index (χ4n) is 6.81. The first-order chi connectivity index (χ1) is 18.7. The third-order valence-corrected chi connectivity index (χ3v) is 8.76. The number of aromatic hydroxyl groups is 3. The van der Waals surface area contributed by atoms with Gasteiger partial charge in [0.05, 0.1) is 25.4 Å². The van der Waals surface area contributed by atoms with Crippen LogP contribution in [0.5, 0.6) is 28.7 Å². The highest BCUT2D eigenvalue weighted by Gasteiger charge is 2.42. The number of carbonyl (C=O) groups excluding carboxylic acids is 1. The molecule has 4 atom stereocenters. The summed E-state index contributed by atoms with van der Waals surface area (Å²) in [7, 11) is 1.52. The van der Waals surface area contributed by atoms with E-state index in [1.54, 1.807) is 18.2 Å². The summed E-state index contributed by atoms with van der Waals surface area (Å²) in [5.41, 5.74) is 2.05. The third kappa shape index (κ3) is 6.38. The predicted octanol–water partition coefficient (Wildman–Crippen LogP) is 6.09. The summed E-state index contributed by atoms with van der Waals surface area (Å²) >= 11 is 0. The van der Waals surface area contributed by atoms with Crippen molar-refractivity contribution in [3.05, 3.63) is 41.5 Å². The van der Waals surface area contributed by atoms with E-state index in [0.29, 0.717) is 42.4 Å². The molecule has 5 rings (SSSR count). The first kappa shape index (κ1) is 27.4. The molecule has 2 aliphatic carbocycles. The van der Waals surface area contributed by atoms with Gasteiger partial charge in [0.2, 0.25) is 5.75 Å². The molecule has 8 nitrogen and oxygen atoms in total. The van der Waals surface area contributed by atoms with Gasteiger partial charge in [-0.2, -0.15) is 0 Å². The van der Waals surface area contributed by atoms with Crippen LogP contribution in [0.25, 0.3) is 0 Å². The number of methoxy groups -OCH3 is 1. The van der Waals surface area contributed by atoms with Crippen molar-refractivity contribution in [2.45, 2.75) is 102 Å². The van der Waals surface area contributed by atoms with Crippen LogP contribution in [0, 0.1) is 5.41 Å². The molecule has 212 valence electrons. The van der Waals surface area contributed by atoms with Crippen molar-refractivity contribution >= 4 is 5.97 Å². The number of rotatable bonds is 8. The van der Waals surface area contributed by atoms with E-state index in [1.807, 2.05) is 6.07 Å². The molecule has 2 aromatic carbocycles. The summed E-state index contributed by atoms with van der Waals surface area (Å²) in [6, 6.07) is 8.54. The lowest BCUT2D eigenvalue weighted by atomic mass is 9.85. The maximum atomic E-state index is 11.8. The van der Waals surface area contributed by atoms with Crippen molar-refractivity contribution in [2.24, 2.45) is 5.41 Å². The topological polar surface area (TPSA) is 115 Å². The fraction of sp³-hybridized carbons (Fsp3) is 0.581. The fourth-order valence-corrected chi connectivity index (χ4v) is 6.81. The van der Waals surface area contributed by atoms with E-state index in [-0.39, 0.29) is 47.3 Å². The maximum absolute atomic E-state index is 11.8. The SMILES string of the molecule is COc1cc(CC[C@H]2C[C@H](OC(C)=O)C[C@@H](c3cc(O)c(O)c(O[C@H]4CCC5(CCCC5)C4)c3)O2)ccc1O. The number of hydrogen-bond acceptors (Lipinski definition) is 8. The van der Waals surface area contributed by atoms with Gasteiger partial charge in [-0.25, -0.2) is 0 Å². The highest BCUT2D eigenvalue weighted by atomic mass is 16.6. The molecule has 0 bridgehead atoms. The number of hydrogen-bond donors (Lipinski definition) is 3. The summed E-state index contributed by atoms with van der Waals surface area (Å²) in [6.07, 6.45) is 9.50. The molecule has 1 heterocycles. The van der Waals surface area contributed by atoms with Gasteiger partial charge >= 0.3 is 5.97 Å². The molecular formula is C31H40O8. The number of benzene rings is 2. The summed E-state index contributed by atoms with van der Waals surface area (Å²) < 4.78 is 23.6. The van der Waals surface area contributed by atoms with Crippen LogP contribution in [0.15, 0.2) is 30.3 Å². The van der Waals surface area contributed by atoms with Crippen LogP contribution < -0.4 is 9.47 Å². The van der Waals surface area contributed by atoms with Gasteiger partial charge in [-0.15, -0.1) is 0 Å². The lowest BCUT2D eigenvalue weighted by Crippen LogP contribution is -2.34. The Morgan fingerprint density at radius 1 is 1.00 bits per heavy atom. The molecule has 2 saturated carbocycles. The molecule has 3 N–H and O–H groups in total. The Kier molecular flexibility index (Phi) is 8.12. The molecule has 3 fully saturated rings. The number of phenols is 3. The van der Waals surface area contributed by atoms with Gasteiger partial charge in [0.1, 0.15) is 6.10 Å². The summed E-state index contributed by atoms with van der Waals surface area (Å²) in [4.78, 5) is 11.8. The Morgan fingerprint density at radius 3 is 2.54 bits per heavy atom. The molecule has 1 aliphatic heterocycles. The Labute approximate surface area is 229 Å². The van der Waals surface area contributed by atoms with E-state index in [9.17, 15) is 20.1 Å². The minimum atomic E-state index is -0.443. The smallest absolute Gasteiger partial charge is 0.302 e. The average Bonchev–Trinajstić information content (AvgIpc) is 3.54. The molecular weight excluding hydrogens is 500 g/mol. The number of ether oxygens (including phenoxy) is 4. The van der Waals surface area contributed by atoms with E-state index in [4.69, 9.17) is 18.9 Å². The molecule has 2 aromatic rings. The summed E-state index contributed by atoms with van der Waals surface area (Å²) in [5.74, 6) is -0.0658. The minimum absolute atomic E-state index is 0.0137. The molecule has 0 aromatic heterocycles. The highest BCUT2D eigenvalue weighted by Crippen LogP contribution is 2.52. The van der Waals surface area contributed by atoms with Crippen LogP contribution in [-0.4, -0.2) is 46.7 Å². The van der Waals surface area contributed by atoms with Gasteiger partial charge < -0.3 is 34.3 Å². The Bertz CT molecular complexity index is 1170. The van der Waals surface area contributed by atoms with Crippen molar-refractivity contribution in [1.29, 1.82) is 0 Å². The Hall–Kier alpha value is -3.13. The van der Waals surface area contributed by atoms with Gasteiger partial charge in [-0.3, -0.25) is 4.79 Å². The number of aryl methyl sites for hydroxylation is 1. The number of carbonyl (C=O) groups is 1. The van der Waals surface area contributed by atoms with Crippen LogP contribution in [0.1, 0.15) is 88.4 Å². The largest absolute Gasteiger partial charge is 0.504 e. The van der Waals surface area contributed by atoms with Crippen LogP contribution in [0.3, 0.4) is 0 Å². The molecule has 39 heavy (non-hydrogen) atoms. The standard InChI is InChI=1S/C31H40O8/c1-19(32)37-24-16-22(7-5-20-6-8-25(33)28(13-20)36-2)38-27(17-24)21-14-26(34)30(35)29(15-21)39-23-9-12-31(18-23)10-3-4-11-31/h6,8,13-15,22-24,27,33-35H,3-5,7,9-12,16-18H2,1-2H3/t22-,23-,24-,27-/m0/s1. The number of esters is 1. The Balaban J connectivity index is 1.31. The maximum Gasteiger partial charge on any atom is 0.302 e. The predicted molar refractivity (Wildman–Crippen MR) is 144 cm³/mol. The van der Waals surface area contributed by atoms with Gasteiger partial charge in [0, 0.05) is 19.8 Å². The van der Waals surface area contributed by atoms with Crippen molar-refractivity contribution in [2.75, 3.05) is 7.11 Å². The molecule has 3 aliphatic rings. The lowest BCUT2D eigenvalue weighted by molar-refractivity contribution is -0.160. The second-order valence-electron chi connectivity index (χ2n) is 11.6. The highest BCUT2D eigenvalue weighted by molar-refractivity contribution is 5.66. The first-order valence-corrected chi connectivity index (χ1v) is 14.1. The van der Waals surface area contributed by atoms with E-state index in [0.717, 1.165) is 24.8 Å².